The standard InChI is InChI=1S/C12H19N3O3/c1-15(11(14)16)12(17)18-8-10(13)7-9-5-3-2-4-6-9/h2-6,10,12,17H,7-8,13H2,1H3,(H2,14,16)/p+1. The molecule has 6 heteroatoms. The van der Waals surface area contributed by atoms with Gasteiger partial charge in [0.25, 0.3) is 0 Å². The van der Waals surface area contributed by atoms with Gasteiger partial charge in [-0.1, -0.05) is 30.3 Å². The zero-order chi connectivity index (χ0) is 13.5. The second kappa shape index (κ2) is 6.95. The normalized spacial score (nSPS) is 13.9. The van der Waals surface area contributed by atoms with Crippen molar-refractivity contribution in [3.8, 4) is 0 Å². The molecule has 2 atom stereocenters. The van der Waals surface area contributed by atoms with Crippen LogP contribution < -0.4 is 11.5 Å². The van der Waals surface area contributed by atoms with Crippen LogP contribution in [0.4, 0.5) is 4.79 Å². The van der Waals surface area contributed by atoms with E-state index in [1.807, 2.05) is 30.3 Å². The third kappa shape index (κ3) is 4.70. The van der Waals surface area contributed by atoms with Crippen molar-refractivity contribution in [2.75, 3.05) is 13.7 Å². The van der Waals surface area contributed by atoms with Gasteiger partial charge in [-0.15, -0.1) is 0 Å². The van der Waals surface area contributed by atoms with Gasteiger partial charge in [0.1, 0.15) is 12.6 Å². The molecule has 0 bridgehead atoms. The van der Waals surface area contributed by atoms with Gasteiger partial charge in [-0.05, 0) is 5.56 Å². The molecular weight excluding hydrogens is 234 g/mol. The van der Waals surface area contributed by atoms with Gasteiger partial charge in [-0.25, -0.2) is 4.79 Å². The maximum Gasteiger partial charge on any atom is 0.318 e. The van der Waals surface area contributed by atoms with Gasteiger partial charge in [-0.2, -0.15) is 0 Å². The lowest BCUT2D eigenvalue weighted by molar-refractivity contribution is -0.431. The molecule has 0 saturated heterocycles. The number of benzene rings is 1. The summed E-state index contributed by atoms with van der Waals surface area (Å²) in [5.74, 6) is 0. The highest BCUT2D eigenvalue weighted by molar-refractivity contribution is 5.71. The number of carbonyl (C=O) groups excluding carboxylic acids is 1. The molecule has 1 rings (SSSR count). The third-order valence-electron chi connectivity index (χ3n) is 2.53. The Balaban J connectivity index is 2.33. The second-order valence-electron chi connectivity index (χ2n) is 4.16. The number of urea groups is 1. The van der Waals surface area contributed by atoms with Gasteiger partial charge in [-0.3, -0.25) is 4.90 Å². The molecule has 6 N–H and O–H groups in total. The van der Waals surface area contributed by atoms with Crippen molar-refractivity contribution in [1.82, 2.24) is 4.90 Å². The second-order valence-corrected chi connectivity index (χ2v) is 4.16. The summed E-state index contributed by atoms with van der Waals surface area (Å²) in [4.78, 5) is 11.7. The van der Waals surface area contributed by atoms with Crippen LogP contribution in [0.25, 0.3) is 0 Å². The first-order valence-corrected chi connectivity index (χ1v) is 5.69. The molecule has 0 spiro atoms. The van der Waals surface area contributed by atoms with E-state index in [-0.39, 0.29) is 12.6 Å². The van der Waals surface area contributed by atoms with Gasteiger partial charge in [0.05, 0.1) is 0 Å². The monoisotopic (exact) mass is 254 g/mol. The summed E-state index contributed by atoms with van der Waals surface area (Å²) in [6.07, 6.45) is -0.587. The molecule has 0 radical (unpaired) electrons. The molecule has 18 heavy (non-hydrogen) atoms. The van der Waals surface area contributed by atoms with E-state index in [9.17, 15) is 9.90 Å². The molecule has 100 valence electrons. The molecule has 1 aromatic carbocycles. The summed E-state index contributed by atoms with van der Waals surface area (Å²) in [6, 6.07) is 9.12. The molecule has 2 unspecified atom stereocenters. The Bertz CT molecular complexity index is 372. The van der Waals surface area contributed by atoms with Crippen LogP contribution in [0.5, 0.6) is 0 Å². The first kappa shape index (κ1) is 14.4. The number of hydrogen-bond acceptors (Lipinski definition) is 3. The Kier molecular flexibility index (Phi) is 5.57. The number of aliphatic hydroxyl groups is 1. The van der Waals surface area contributed by atoms with Crippen LogP contribution in [0, 0.1) is 0 Å². The highest BCUT2D eigenvalue weighted by atomic mass is 16.6. The summed E-state index contributed by atoms with van der Waals surface area (Å²) in [5.41, 5.74) is 10.1. The molecule has 0 heterocycles. The van der Waals surface area contributed by atoms with Crippen molar-refractivity contribution in [2.24, 2.45) is 5.73 Å². The first-order valence-electron chi connectivity index (χ1n) is 5.69. The van der Waals surface area contributed by atoms with E-state index in [4.69, 9.17) is 10.5 Å². The lowest BCUT2D eigenvalue weighted by atomic mass is 10.1. The Morgan fingerprint density at radius 3 is 2.67 bits per heavy atom. The number of quaternary nitrogens is 1. The summed E-state index contributed by atoms with van der Waals surface area (Å²) in [5, 5.41) is 9.48. The third-order valence-corrected chi connectivity index (χ3v) is 2.53. The fraction of sp³-hybridized carbons (Fsp3) is 0.417. The number of carbonyl (C=O) groups is 1. The van der Waals surface area contributed by atoms with Crippen molar-refractivity contribution in [2.45, 2.75) is 18.9 Å². The van der Waals surface area contributed by atoms with Crippen molar-refractivity contribution in [3.05, 3.63) is 35.9 Å². The fourth-order valence-corrected chi connectivity index (χ4v) is 1.45. The predicted octanol–water partition coefficient (Wildman–Crippen LogP) is -0.857. The number of aliphatic hydroxyl groups excluding tert-OH is 1. The van der Waals surface area contributed by atoms with Crippen molar-refractivity contribution < 1.29 is 20.4 Å². The van der Waals surface area contributed by atoms with Gasteiger partial charge in [0.2, 0.25) is 6.41 Å². The van der Waals surface area contributed by atoms with Crippen LogP contribution in [0.3, 0.4) is 0 Å². The Morgan fingerprint density at radius 2 is 2.11 bits per heavy atom. The van der Waals surface area contributed by atoms with E-state index in [2.05, 4.69) is 5.73 Å². The van der Waals surface area contributed by atoms with E-state index < -0.39 is 12.4 Å². The minimum atomic E-state index is -1.33. The molecule has 0 fully saturated rings. The number of nitrogens with zero attached hydrogens (tertiary/aromatic N) is 1. The van der Waals surface area contributed by atoms with Crippen LogP contribution in [-0.4, -0.2) is 42.1 Å². The van der Waals surface area contributed by atoms with E-state index in [1.165, 1.54) is 7.05 Å². The molecular formula is C12H20N3O3+. The smallest absolute Gasteiger partial charge is 0.318 e. The summed E-state index contributed by atoms with van der Waals surface area (Å²) < 4.78 is 5.12. The van der Waals surface area contributed by atoms with Crippen LogP contribution in [0.1, 0.15) is 5.56 Å². The molecule has 1 aromatic rings. The summed E-state index contributed by atoms with van der Waals surface area (Å²) >= 11 is 0. The van der Waals surface area contributed by atoms with E-state index in [0.29, 0.717) is 0 Å². The highest BCUT2D eigenvalue weighted by Crippen LogP contribution is 2.02. The molecule has 0 aromatic heterocycles. The van der Waals surface area contributed by atoms with Crippen LogP contribution in [0.15, 0.2) is 30.3 Å². The highest BCUT2D eigenvalue weighted by Gasteiger charge is 2.17. The van der Waals surface area contributed by atoms with Crippen LogP contribution >= 0.6 is 0 Å². The quantitative estimate of drug-likeness (QED) is 0.575. The van der Waals surface area contributed by atoms with Crippen LogP contribution in [0.2, 0.25) is 0 Å². The number of rotatable bonds is 6. The first-order chi connectivity index (χ1) is 8.50. The van der Waals surface area contributed by atoms with Crippen molar-refractivity contribution in [3.63, 3.8) is 0 Å². The lowest BCUT2D eigenvalue weighted by Crippen LogP contribution is -2.64. The molecule has 0 saturated carbocycles. The van der Waals surface area contributed by atoms with E-state index >= 15 is 0 Å². The molecule has 2 amide bonds. The maximum atomic E-state index is 10.8. The van der Waals surface area contributed by atoms with Gasteiger partial charge < -0.3 is 21.3 Å². The van der Waals surface area contributed by atoms with Crippen molar-refractivity contribution in [1.29, 1.82) is 0 Å². The van der Waals surface area contributed by atoms with E-state index in [0.717, 1.165) is 16.9 Å². The minimum Gasteiger partial charge on any atom is -0.353 e. The molecule has 0 aliphatic rings. The number of hydrogen-bond donors (Lipinski definition) is 3. The fourth-order valence-electron chi connectivity index (χ4n) is 1.45. The summed E-state index contributed by atoms with van der Waals surface area (Å²) in [6.45, 7) is 0.244. The average molecular weight is 254 g/mol. The molecule has 0 aliphatic heterocycles. The van der Waals surface area contributed by atoms with Gasteiger partial charge in [0.15, 0.2) is 0 Å². The molecule has 0 aliphatic carbocycles. The number of amides is 2. The Labute approximate surface area is 106 Å². The van der Waals surface area contributed by atoms with Gasteiger partial charge in [0, 0.05) is 13.5 Å². The minimum absolute atomic E-state index is 0.0108. The number of nitrogens with two attached hydrogens (primary N) is 1. The Hall–Kier alpha value is -1.63. The summed E-state index contributed by atoms with van der Waals surface area (Å²) in [7, 11) is 1.36. The lowest BCUT2D eigenvalue weighted by Gasteiger charge is -2.22. The zero-order valence-electron chi connectivity index (χ0n) is 10.5. The topological polar surface area (TPSA) is 103 Å². The largest absolute Gasteiger partial charge is 0.353 e. The van der Waals surface area contributed by atoms with Gasteiger partial charge >= 0.3 is 6.03 Å². The average Bonchev–Trinajstić information content (AvgIpc) is 2.36. The van der Waals surface area contributed by atoms with E-state index in [1.54, 1.807) is 0 Å². The van der Waals surface area contributed by atoms with Crippen LogP contribution in [-0.2, 0) is 11.2 Å². The Morgan fingerprint density at radius 1 is 1.50 bits per heavy atom. The zero-order valence-corrected chi connectivity index (χ0v) is 10.5. The number of primary amides is 1. The SMILES string of the molecule is CN(C(N)=O)C(O)OCC([NH3+])Cc1ccccc1. The van der Waals surface area contributed by atoms with Crippen molar-refractivity contribution >= 4 is 6.03 Å². The number of ether oxygens (including phenoxy) is 1. The molecule has 6 nitrogen and oxygen atoms in total. The maximum absolute atomic E-state index is 10.8. The predicted molar refractivity (Wildman–Crippen MR) is 66.1 cm³/mol.